The van der Waals surface area contributed by atoms with Gasteiger partial charge in [0, 0.05) is 17.6 Å². The van der Waals surface area contributed by atoms with Gasteiger partial charge in [0.25, 0.3) is 0 Å². The van der Waals surface area contributed by atoms with Gasteiger partial charge in [0.15, 0.2) is 0 Å². The second kappa shape index (κ2) is 6.66. The molecule has 4 heteroatoms. The van der Waals surface area contributed by atoms with Crippen LogP contribution in [0.25, 0.3) is 0 Å². The predicted molar refractivity (Wildman–Crippen MR) is 69.1 cm³/mol. The summed E-state index contributed by atoms with van der Waals surface area (Å²) in [5.74, 6) is 0.0366. The maximum absolute atomic E-state index is 11.5. The van der Waals surface area contributed by atoms with Crippen LogP contribution in [0.4, 0.5) is 0 Å². The van der Waals surface area contributed by atoms with Gasteiger partial charge in [-0.3, -0.25) is 4.79 Å². The zero-order valence-corrected chi connectivity index (χ0v) is 11.2. The van der Waals surface area contributed by atoms with Crippen LogP contribution < -0.4 is 10.6 Å². The summed E-state index contributed by atoms with van der Waals surface area (Å²) in [6.07, 6.45) is 0. The second-order valence-corrected chi connectivity index (χ2v) is 4.44. The fraction of sp³-hybridized carbons (Fsp3) is 0.417. The molecule has 0 fully saturated rings. The first-order chi connectivity index (χ1) is 7.65. The fourth-order valence-electron chi connectivity index (χ4n) is 1.32. The quantitative estimate of drug-likeness (QED) is 0.869. The van der Waals surface area contributed by atoms with Crippen molar-refractivity contribution < 1.29 is 4.79 Å². The minimum Gasteiger partial charge on any atom is -0.355 e. The number of benzene rings is 1. The summed E-state index contributed by atoms with van der Waals surface area (Å²) in [5, 5.41) is 5.97. The van der Waals surface area contributed by atoms with E-state index >= 15 is 0 Å². The smallest absolute Gasteiger partial charge is 0.236 e. The van der Waals surface area contributed by atoms with Crippen molar-refractivity contribution in [2.24, 2.45) is 0 Å². The van der Waals surface area contributed by atoms with Crippen LogP contribution in [0.1, 0.15) is 19.4 Å². The third-order valence-corrected chi connectivity index (χ3v) is 3.07. The predicted octanol–water partition coefficient (Wildman–Crippen LogP) is 2.06. The van der Waals surface area contributed by atoms with Gasteiger partial charge in [-0.25, -0.2) is 0 Å². The Balaban J connectivity index is 2.46. The Labute approximate surface area is 105 Å². The lowest BCUT2D eigenvalue weighted by atomic mass is 10.2. The lowest BCUT2D eigenvalue weighted by molar-refractivity contribution is -0.122. The van der Waals surface area contributed by atoms with Gasteiger partial charge >= 0.3 is 0 Å². The highest BCUT2D eigenvalue weighted by Crippen LogP contribution is 2.15. The van der Waals surface area contributed by atoms with Crippen molar-refractivity contribution in [3.05, 3.63) is 34.3 Å². The number of amides is 1. The SMILES string of the molecule is CCNC(=O)C(C)NCc1ccccc1Br. The molecule has 1 unspecified atom stereocenters. The van der Waals surface area contributed by atoms with Gasteiger partial charge < -0.3 is 10.6 Å². The van der Waals surface area contributed by atoms with Crippen molar-refractivity contribution in [3.8, 4) is 0 Å². The van der Waals surface area contributed by atoms with Gasteiger partial charge in [0.05, 0.1) is 6.04 Å². The van der Waals surface area contributed by atoms with E-state index < -0.39 is 0 Å². The average Bonchev–Trinajstić information content (AvgIpc) is 2.28. The molecule has 16 heavy (non-hydrogen) atoms. The normalized spacial score (nSPS) is 12.2. The number of rotatable bonds is 5. The van der Waals surface area contributed by atoms with Gasteiger partial charge in [-0.05, 0) is 25.5 Å². The first-order valence-corrected chi connectivity index (χ1v) is 6.19. The van der Waals surface area contributed by atoms with E-state index in [1.165, 1.54) is 0 Å². The molecule has 88 valence electrons. The van der Waals surface area contributed by atoms with Crippen molar-refractivity contribution in [1.82, 2.24) is 10.6 Å². The number of nitrogens with one attached hydrogen (secondary N) is 2. The molecule has 1 amide bonds. The number of halogens is 1. The van der Waals surface area contributed by atoms with E-state index in [-0.39, 0.29) is 11.9 Å². The zero-order valence-electron chi connectivity index (χ0n) is 9.59. The molecule has 1 aromatic rings. The molecule has 1 aromatic carbocycles. The molecule has 0 bridgehead atoms. The van der Waals surface area contributed by atoms with Crippen molar-refractivity contribution in [1.29, 1.82) is 0 Å². The Morgan fingerprint density at radius 1 is 1.44 bits per heavy atom. The largest absolute Gasteiger partial charge is 0.355 e. The van der Waals surface area contributed by atoms with E-state index in [4.69, 9.17) is 0 Å². The van der Waals surface area contributed by atoms with Gasteiger partial charge in [-0.15, -0.1) is 0 Å². The molecule has 2 N–H and O–H groups in total. The second-order valence-electron chi connectivity index (χ2n) is 3.59. The van der Waals surface area contributed by atoms with Gasteiger partial charge in [0.1, 0.15) is 0 Å². The molecule has 0 aliphatic rings. The van der Waals surface area contributed by atoms with Crippen molar-refractivity contribution in [2.45, 2.75) is 26.4 Å². The lowest BCUT2D eigenvalue weighted by Gasteiger charge is -2.13. The van der Waals surface area contributed by atoms with Crippen LogP contribution >= 0.6 is 15.9 Å². The summed E-state index contributed by atoms with van der Waals surface area (Å²) in [4.78, 5) is 11.5. The minimum absolute atomic E-state index is 0.0366. The topological polar surface area (TPSA) is 41.1 Å². The minimum atomic E-state index is -0.174. The van der Waals surface area contributed by atoms with E-state index in [0.29, 0.717) is 13.1 Å². The first-order valence-electron chi connectivity index (χ1n) is 5.39. The highest BCUT2D eigenvalue weighted by atomic mass is 79.9. The summed E-state index contributed by atoms with van der Waals surface area (Å²) >= 11 is 3.47. The Hall–Kier alpha value is -0.870. The third-order valence-electron chi connectivity index (χ3n) is 2.30. The van der Waals surface area contributed by atoms with Crippen LogP contribution in [0.5, 0.6) is 0 Å². The van der Waals surface area contributed by atoms with Gasteiger partial charge in [0.2, 0.25) is 5.91 Å². The molecule has 0 spiro atoms. The molecule has 0 aliphatic heterocycles. The Morgan fingerprint density at radius 3 is 2.75 bits per heavy atom. The number of likely N-dealkylation sites (N-methyl/N-ethyl adjacent to an activating group) is 1. The van der Waals surface area contributed by atoms with Crippen LogP contribution in [0.15, 0.2) is 28.7 Å². The number of hydrogen-bond donors (Lipinski definition) is 2. The zero-order chi connectivity index (χ0) is 12.0. The van der Waals surface area contributed by atoms with E-state index in [2.05, 4.69) is 26.6 Å². The summed E-state index contributed by atoms with van der Waals surface area (Å²) < 4.78 is 1.06. The maximum atomic E-state index is 11.5. The van der Waals surface area contributed by atoms with Gasteiger partial charge in [-0.2, -0.15) is 0 Å². The van der Waals surface area contributed by atoms with Crippen molar-refractivity contribution in [2.75, 3.05) is 6.54 Å². The van der Waals surface area contributed by atoms with E-state index in [1.54, 1.807) is 0 Å². The van der Waals surface area contributed by atoms with Gasteiger partial charge in [-0.1, -0.05) is 34.1 Å². The summed E-state index contributed by atoms with van der Waals surface area (Å²) in [6, 6.07) is 7.81. The van der Waals surface area contributed by atoms with Crippen LogP contribution in [0.2, 0.25) is 0 Å². The molecule has 0 saturated heterocycles. The monoisotopic (exact) mass is 284 g/mol. The van der Waals surface area contributed by atoms with E-state index in [9.17, 15) is 4.79 Å². The molecule has 0 radical (unpaired) electrons. The highest BCUT2D eigenvalue weighted by Gasteiger charge is 2.10. The van der Waals surface area contributed by atoms with Crippen molar-refractivity contribution >= 4 is 21.8 Å². The summed E-state index contributed by atoms with van der Waals surface area (Å²) in [7, 11) is 0. The standard InChI is InChI=1S/C12H17BrN2O/c1-3-14-12(16)9(2)15-8-10-6-4-5-7-11(10)13/h4-7,9,15H,3,8H2,1-2H3,(H,14,16). The average molecular weight is 285 g/mol. The van der Waals surface area contributed by atoms with E-state index in [1.807, 2.05) is 38.1 Å². The molecule has 0 aliphatic carbocycles. The molecule has 0 saturated carbocycles. The summed E-state index contributed by atoms with van der Waals surface area (Å²) in [6.45, 7) is 5.12. The van der Waals surface area contributed by atoms with Crippen LogP contribution in [-0.2, 0) is 11.3 Å². The Kier molecular flexibility index (Phi) is 5.49. The fourth-order valence-corrected chi connectivity index (χ4v) is 1.75. The number of carbonyl (C=O) groups excluding carboxylic acids is 1. The molecule has 1 atom stereocenters. The summed E-state index contributed by atoms with van der Waals surface area (Å²) in [5.41, 5.74) is 1.15. The van der Waals surface area contributed by atoms with Crippen LogP contribution in [-0.4, -0.2) is 18.5 Å². The molecular weight excluding hydrogens is 268 g/mol. The number of carbonyl (C=O) groups is 1. The molecule has 1 rings (SSSR count). The molecule has 3 nitrogen and oxygen atoms in total. The molecule has 0 heterocycles. The highest BCUT2D eigenvalue weighted by molar-refractivity contribution is 9.10. The Bertz CT molecular complexity index is 355. The van der Waals surface area contributed by atoms with Crippen molar-refractivity contribution in [3.63, 3.8) is 0 Å². The van der Waals surface area contributed by atoms with Crippen LogP contribution in [0.3, 0.4) is 0 Å². The lowest BCUT2D eigenvalue weighted by Crippen LogP contribution is -2.41. The number of hydrogen-bond acceptors (Lipinski definition) is 2. The van der Waals surface area contributed by atoms with E-state index in [0.717, 1.165) is 10.0 Å². The Morgan fingerprint density at radius 2 is 2.12 bits per heavy atom. The third kappa shape index (κ3) is 3.94. The maximum Gasteiger partial charge on any atom is 0.236 e. The first kappa shape index (κ1) is 13.2. The molecule has 0 aromatic heterocycles. The van der Waals surface area contributed by atoms with Crippen LogP contribution in [0, 0.1) is 0 Å². The molecular formula is C12H17BrN2O.